The lowest BCUT2D eigenvalue weighted by molar-refractivity contribution is -0.118. The first kappa shape index (κ1) is 24.2. The molecule has 8 nitrogen and oxygen atoms in total. The molecule has 0 aliphatic carbocycles. The van der Waals surface area contributed by atoms with Crippen molar-refractivity contribution in [3.8, 4) is 5.75 Å². The zero-order valence-corrected chi connectivity index (χ0v) is 20.0. The van der Waals surface area contributed by atoms with E-state index in [1.807, 2.05) is 37.3 Å². The Morgan fingerprint density at radius 3 is 2.54 bits per heavy atom. The number of nitrogens with zero attached hydrogens (tertiary/aromatic N) is 2. The van der Waals surface area contributed by atoms with Gasteiger partial charge in [0.05, 0.1) is 16.5 Å². The summed E-state index contributed by atoms with van der Waals surface area (Å²) in [7, 11) is -4.33. The molecule has 3 aromatic carbocycles. The second-order valence-corrected chi connectivity index (χ2v) is 9.86. The maximum Gasteiger partial charge on any atom is 0.272 e. The maximum absolute atomic E-state index is 13.8. The maximum atomic E-state index is 13.8. The minimum atomic E-state index is -4.33. The molecule has 0 spiro atoms. The van der Waals surface area contributed by atoms with E-state index < -0.39 is 22.0 Å². The number of sulfonamides is 1. The molecule has 180 valence electrons. The summed E-state index contributed by atoms with van der Waals surface area (Å²) in [6.45, 7) is 5.75. The summed E-state index contributed by atoms with van der Waals surface area (Å²) in [4.78, 5) is 13.6. The van der Waals surface area contributed by atoms with E-state index in [0.717, 1.165) is 11.1 Å². The number of amides is 1. The van der Waals surface area contributed by atoms with Gasteiger partial charge in [0.15, 0.2) is 5.82 Å². The van der Waals surface area contributed by atoms with Crippen LogP contribution in [0, 0.1) is 6.92 Å². The highest BCUT2D eigenvalue weighted by atomic mass is 32.2. The van der Waals surface area contributed by atoms with Gasteiger partial charge in [0.25, 0.3) is 15.9 Å². The molecule has 0 unspecified atom stereocenters. The van der Waals surface area contributed by atoms with Gasteiger partial charge in [-0.1, -0.05) is 60.7 Å². The van der Waals surface area contributed by atoms with Crippen LogP contribution in [-0.4, -0.2) is 37.2 Å². The molecule has 1 heterocycles. The summed E-state index contributed by atoms with van der Waals surface area (Å²) in [5, 5.41) is 7.41. The zero-order chi connectivity index (χ0) is 25.0. The van der Waals surface area contributed by atoms with Crippen molar-refractivity contribution in [3.63, 3.8) is 0 Å². The largest absolute Gasteiger partial charge is 0.490 e. The first-order valence-corrected chi connectivity index (χ1v) is 12.4. The van der Waals surface area contributed by atoms with Crippen LogP contribution < -0.4 is 14.8 Å². The molecule has 1 aromatic heterocycles. The highest BCUT2D eigenvalue weighted by molar-refractivity contribution is 7.93. The first-order chi connectivity index (χ1) is 16.8. The predicted octanol–water partition coefficient (Wildman–Crippen LogP) is 3.73. The van der Waals surface area contributed by atoms with Gasteiger partial charge in [-0.2, -0.15) is 9.40 Å². The van der Waals surface area contributed by atoms with Crippen molar-refractivity contribution in [1.29, 1.82) is 0 Å². The van der Waals surface area contributed by atoms with E-state index in [1.54, 1.807) is 36.4 Å². The number of fused-ring (bicyclic) bond motifs is 1. The quantitative estimate of drug-likeness (QED) is 0.345. The van der Waals surface area contributed by atoms with Crippen molar-refractivity contribution in [1.82, 2.24) is 10.2 Å². The second kappa shape index (κ2) is 10.1. The second-order valence-electron chi connectivity index (χ2n) is 8.07. The molecular formula is C26H26N4O4S. The third-order valence-corrected chi connectivity index (χ3v) is 7.15. The van der Waals surface area contributed by atoms with Gasteiger partial charge in [-0.15, -0.1) is 0 Å². The number of aryl methyl sites for hydroxylation is 1. The Labute approximate surface area is 204 Å². The molecule has 0 saturated heterocycles. The van der Waals surface area contributed by atoms with Crippen LogP contribution >= 0.6 is 0 Å². The van der Waals surface area contributed by atoms with Gasteiger partial charge in [-0.05, 0) is 49.2 Å². The number of aromatic amines is 1. The summed E-state index contributed by atoms with van der Waals surface area (Å²) in [6, 6.07) is 19.4. The number of anilines is 1. The normalized spacial score (nSPS) is 12.3. The number of aromatic nitrogens is 2. The fraction of sp³-hybridized carbons (Fsp3) is 0.154. The predicted molar refractivity (Wildman–Crippen MR) is 136 cm³/mol. The molecule has 0 aliphatic rings. The van der Waals surface area contributed by atoms with Crippen LogP contribution in [0.1, 0.15) is 11.1 Å². The molecule has 4 rings (SSSR count). The van der Waals surface area contributed by atoms with Crippen molar-refractivity contribution in [2.45, 2.75) is 24.3 Å². The fourth-order valence-corrected chi connectivity index (χ4v) is 5.07. The molecule has 0 radical (unpaired) electrons. The molecule has 0 fully saturated rings. The van der Waals surface area contributed by atoms with Gasteiger partial charge in [-0.3, -0.25) is 9.89 Å². The number of carbonyl (C=O) groups is 1. The highest BCUT2D eigenvalue weighted by Crippen LogP contribution is 2.32. The van der Waals surface area contributed by atoms with Gasteiger partial charge in [0, 0.05) is 5.39 Å². The number of rotatable bonds is 9. The lowest BCUT2D eigenvalue weighted by Crippen LogP contribution is -2.48. The number of hydrogen-bond donors (Lipinski definition) is 2. The standard InChI is InChI=1S/C26H26N4O4S/c1-3-15-34-20-11-14-24-22(17-20)25(29-28-24)30(35(32,33)21-12-9-18(2)10-13-21)26(31)23(27)16-19-7-5-4-6-8-19/h3-14,17,23H,1,15-16,27H2,2H3,(H,28,29)/t23-/m0/s1. The van der Waals surface area contributed by atoms with E-state index in [-0.39, 0.29) is 23.7 Å². The molecule has 4 aromatic rings. The molecule has 0 saturated carbocycles. The van der Waals surface area contributed by atoms with Gasteiger partial charge in [-0.25, -0.2) is 8.42 Å². The van der Waals surface area contributed by atoms with E-state index in [0.29, 0.717) is 21.0 Å². The van der Waals surface area contributed by atoms with Crippen LogP contribution in [0.3, 0.4) is 0 Å². The Morgan fingerprint density at radius 1 is 1.14 bits per heavy atom. The number of ether oxygens (including phenoxy) is 1. The monoisotopic (exact) mass is 490 g/mol. The topological polar surface area (TPSA) is 118 Å². The van der Waals surface area contributed by atoms with E-state index in [4.69, 9.17) is 10.5 Å². The van der Waals surface area contributed by atoms with Crippen molar-refractivity contribution in [2.24, 2.45) is 5.73 Å². The Bertz CT molecular complexity index is 1450. The van der Waals surface area contributed by atoms with Gasteiger partial charge in [0.1, 0.15) is 12.4 Å². The Kier molecular flexibility index (Phi) is 6.99. The summed E-state index contributed by atoms with van der Waals surface area (Å²) < 4.78 is 33.9. The van der Waals surface area contributed by atoms with Crippen LogP contribution in [-0.2, 0) is 21.2 Å². The Morgan fingerprint density at radius 2 is 1.86 bits per heavy atom. The van der Waals surface area contributed by atoms with Gasteiger partial charge >= 0.3 is 0 Å². The Hall–Kier alpha value is -3.95. The number of nitrogens with one attached hydrogen (secondary N) is 1. The average Bonchev–Trinajstić information content (AvgIpc) is 3.26. The minimum Gasteiger partial charge on any atom is -0.490 e. The summed E-state index contributed by atoms with van der Waals surface area (Å²) in [6.07, 6.45) is 1.76. The SMILES string of the molecule is C=CCOc1ccc2[nH]nc(N(C(=O)[C@@H](N)Cc3ccccc3)S(=O)(=O)c3ccc(C)cc3)c2c1. The van der Waals surface area contributed by atoms with E-state index in [1.165, 1.54) is 12.1 Å². The molecule has 35 heavy (non-hydrogen) atoms. The molecule has 0 aliphatic heterocycles. The molecular weight excluding hydrogens is 464 g/mol. The van der Waals surface area contributed by atoms with Gasteiger partial charge in [0.2, 0.25) is 0 Å². The van der Waals surface area contributed by atoms with E-state index in [2.05, 4.69) is 16.8 Å². The third-order valence-electron chi connectivity index (χ3n) is 5.45. The van der Waals surface area contributed by atoms with Crippen molar-refractivity contribution in [3.05, 3.63) is 96.6 Å². The average molecular weight is 491 g/mol. The van der Waals surface area contributed by atoms with E-state index >= 15 is 0 Å². The van der Waals surface area contributed by atoms with Crippen molar-refractivity contribution >= 4 is 32.7 Å². The summed E-state index contributed by atoms with van der Waals surface area (Å²) in [5.41, 5.74) is 8.51. The van der Waals surface area contributed by atoms with Crippen LogP contribution in [0.5, 0.6) is 5.75 Å². The van der Waals surface area contributed by atoms with Crippen molar-refractivity contribution < 1.29 is 17.9 Å². The number of hydrogen-bond acceptors (Lipinski definition) is 6. The van der Waals surface area contributed by atoms with Crippen LogP contribution in [0.25, 0.3) is 10.9 Å². The first-order valence-electron chi connectivity index (χ1n) is 11.0. The molecule has 1 atom stereocenters. The number of carbonyl (C=O) groups excluding carboxylic acids is 1. The Balaban J connectivity index is 1.82. The lowest BCUT2D eigenvalue weighted by Gasteiger charge is -2.24. The smallest absolute Gasteiger partial charge is 0.272 e. The number of benzene rings is 3. The van der Waals surface area contributed by atoms with Crippen molar-refractivity contribution in [2.75, 3.05) is 10.9 Å². The van der Waals surface area contributed by atoms with Crippen LogP contribution in [0.4, 0.5) is 5.82 Å². The van der Waals surface area contributed by atoms with Crippen LogP contribution in [0.15, 0.2) is 90.3 Å². The minimum absolute atomic E-state index is 0.0430. The molecule has 1 amide bonds. The molecule has 3 N–H and O–H groups in total. The molecule has 0 bridgehead atoms. The highest BCUT2D eigenvalue weighted by Gasteiger charge is 2.37. The summed E-state index contributed by atoms with van der Waals surface area (Å²) >= 11 is 0. The zero-order valence-electron chi connectivity index (χ0n) is 19.2. The third kappa shape index (κ3) is 5.11. The molecule has 9 heteroatoms. The van der Waals surface area contributed by atoms with E-state index in [9.17, 15) is 13.2 Å². The number of nitrogens with two attached hydrogens (primary N) is 1. The van der Waals surface area contributed by atoms with Crippen LogP contribution in [0.2, 0.25) is 0 Å². The number of H-pyrrole nitrogens is 1. The lowest BCUT2D eigenvalue weighted by atomic mass is 10.1. The fourth-order valence-electron chi connectivity index (χ4n) is 3.64. The summed E-state index contributed by atoms with van der Waals surface area (Å²) in [5.74, 6) is -0.382. The van der Waals surface area contributed by atoms with Gasteiger partial charge < -0.3 is 10.5 Å².